The van der Waals surface area contributed by atoms with Crippen molar-refractivity contribution in [1.29, 1.82) is 0 Å². The van der Waals surface area contributed by atoms with Gasteiger partial charge in [-0.1, -0.05) is 20.8 Å². The molecule has 3 aliphatic rings. The number of likely N-dealkylation sites (tertiary alicyclic amines) is 1. The van der Waals surface area contributed by atoms with Crippen LogP contribution in [0.1, 0.15) is 33.6 Å². The van der Waals surface area contributed by atoms with Crippen LogP contribution in [0, 0.1) is 16.7 Å². The molecular formula is C11H17NO. The lowest BCUT2D eigenvalue weighted by atomic mass is 9.94. The fourth-order valence-corrected chi connectivity index (χ4v) is 3.05. The Hall–Kier alpha value is -0.530. The van der Waals surface area contributed by atoms with Gasteiger partial charge in [0.1, 0.15) is 0 Å². The summed E-state index contributed by atoms with van der Waals surface area (Å²) in [5, 5.41) is 0. The summed E-state index contributed by atoms with van der Waals surface area (Å²) in [6.07, 6.45) is 2.71. The molecule has 1 aliphatic heterocycles. The van der Waals surface area contributed by atoms with Gasteiger partial charge in [-0.2, -0.15) is 0 Å². The van der Waals surface area contributed by atoms with Crippen LogP contribution >= 0.6 is 0 Å². The Kier molecular flexibility index (Phi) is 1.08. The molecule has 0 aromatic carbocycles. The summed E-state index contributed by atoms with van der Waals surface area (Å²) in [5.74, 6) is 1.24. The first-order valence-electron chi connectivity index (χ1n) is 5.26. The number of hydrogen-bond acceptors (Lipinski definition) is 1. The third-order valence-corrected chi connectivity index (χ3v) is 4.05. The third kappa shape index (κ3) is 0.818. The van der Waals surface area contributed by atoms with E-state index >= 15 is 0 Å². The summed E-state index contributed by atoms with van der Waals surface area (Å²) in [6.45, 7) is 7.12. The SMILES string of the molecule is CC(C)(C)C(=O)N1CC2CC23CC13. The van der Waals surface area contributed by atoms with Crippen molar-refractivity contribution in [2.75, 3.05) is 6.54 Å². The second-order valence-corrected chi connectivity index (χ2v) is 6.06. The van der Waals surface area contributed by atoms with Gasteiger partial charge in [0.25, 0.3) is 0 Å². The van der Waals surface area contributed by atoms with E-state index in [1.807, 2.05) is 20.8 Å². The second kappa shape index (κ2) is 1.79. The van der Waals surface area contributed by atoms with Gasteiger partial charge in [0, 0.05) is 18.0 Å². The summed E-state index contributed by atoms with van der Waals surface area (Å²) in [6, 6.07) is 0.643. The van der Waals surface area contributed by atoms with Crippen LogP contribution in [0.15, 0.2) is 0 Å². The van der Waals surface area contributed by atoms with Crippen LogP contribution in [0.5, 0.6) is 0 Å². The van der Waals surface area contributed by atoms with E-state index < -0.39 is 0 Å². The molecule has 3 atom stereocenters. The zero-order valence-corrected chi connectivity index (χ0v) is 8.63. The number of nitrogens with zero attached hydrogens (tertiary/aromatic N) is 1. The van der Waals surface area contributed by atoms with Crippen LogP contribution in [-0.4, -0.2) is 23.4 Å². The van der Waals surface area contributed by atoms with Gasteiger partial charge in [-0.15, -0.1) is 0 Å². The fourth-order valence-electron chi connectivity index (χ4n) is 3.05. The Morgan fingerprint density at radius 1 is 1.38 bits per heavy atom. The quantitative estimate of drug-likeness (QED) is 0.553. The molecule has 1 amide bonds. The molecule has 1 saturated heterocycles. The van der Waals surface area contributed by atoms with E-state index in [1.54, 1.807) is 0 Å². The highest BCUT2D eigenvalue weighted by atomic mass is 16.2. The Balaban J connectivity index is 1.78. The third-order valence-electron chi connectivity index (χ3n) is 4.05. The largest absolute Gasteiger partial charge is 0.338 e. The zero-order valence-electron chi connectivity index (χ0n) is 8.63. The Labute approximate surface area is 79.3 Å². The summed E-state index contributed by atoms with van der Waals surface area (Å²) < 4.78 is 0. The van der Waals surface area contributed by atoms with Crippen molar-refractivity contribution in [3.05, 3.63) is 0 Å². The van der Waals surface area contributed by atoms with Crippen LogP contribution in [0.2, 0.25) is 0 Å². The van der Waals surface area contributed by atoms with Crippen LogP contribution in [0.3, 0.4) is 0 Å². The normalized spacial score (nSPS) is 45.6. The van der Waals surface area contributed by atoms with E-state index in [9.17, 15) is 4.79 Å². The molecule has 0 aromatic heterocycles. The molecule has 0 radical (unpaired) electrons. The molecule has 3 unspecified atom stereocenters. The van der Waals surface area contributed by atoms with Crippen LogP contribution < -0.4 is 0 Å². The van der Waals surface area contributed by atoms with E-state index in [0.717, 1.165) is 12.5 Å². The molecule has 2 nitrogen and oxygen atoms in total. The molecule has 2 heteroatoms. The second-order valence-electron chi connectivity index (χ2n) is 6.06. The molecule has 3 fully saturated rings. The molecule has 2 aliphatic carbocycles. The van der Waals surface area contributed by atoms with Crippen LogP contribution in [-0.2, 0) is 4.79 Å². The minimum atomic E-state index is -0.180. The summed E-state index contributed by atoms with van der Waals surface area (Å²) in [7, 11) is 0. The predicted octanol–water partition coefficient (Wildman–Crippen LogP) is 1.65. The molecule has 0 bridgehead atoms. The van der Waals surface area contributed by atoms with E-state index in [0.29, 0.717) is 17.4 Å². The van der Waals surface area contributed by atoms with E-state index in [4.69, 9.17) is 0 Å². The Morgan fingerprint density at radius 2 is 2.08 bits per heavy atom. The monoisotopic (exact) mass is 179 g/mol. The molecule has 0 N–H and O–H groups in total. The highest BCUT2D eigenvalue weighted by Gasteiger charge is 2.77. The maximum atomic E-state index is 12.0. The lowest BCUT2D eigenvalue weighted by Gasteiger charge is -2.28. The predicted molar refractivity (Wildman–Crippen MR) is 50.1 cm³/mol. The summed E-state index contributed by atoms with van der Waals surface area (Å²) >= 11 is 0. The summed E-state index contributed by atoms with van der Waals surface area (Å²) in [4.78, 5) is 14.1. The van der Waals surface area contributed by atoms with Gasteiger partial charge < -0.3 is 4.90 Å². The molecule has 13 heavy (non-hydrogen) atoms. The van der Waals surface area contributed by atoms with Gasteiger partial charge >= 0.3 is 0 Å². The van der Waals surface area contributed by atoms with Gasteiger partial charge in [0.15, 0.2) is 0 Å². The molecule has 3 rings (SSSR count). The van der Waals surface area contributed by atoms with Crippen molar-refractivity contribution in [1.82, 2.24) is 4.90 Å². The van der Waals surface area contributed by atoms with Crippen molar-refractivity contribution < 1.29 is 4.79 Å². The maximum absolute atomic E-state index is 12.0. The number of carbonyl (C=O) groups excluding carboxylic acids is 1. The number of carbonyl (C=O) groups is 1. The average molecular weight is 179 g/mol. The zero-order chi connectivity index (χ0) is 9.43. The van der Waals surface area contributed by atoms with Crippen molar-refractivity contribution >= 4 is 5.91 Å². The molecule has 2 saturated carbocycles. The Morgan fingerprint density at radius 3 is 2.46 bits per heavy atom. The molecule has 0 aromatic rings. The van der Waals surface area contributed by atoms with E-state index in [-0.39, 0.29) is 5.41 Å². The molecule has 1 spiro atoms. The van der Waals surface area contributed by atoms with Crippen molar-refractivity contribution in [2.45, 2.75) is 39.7 Å². The maximum Gasteiger partial charge on any atom is 0.228 e. The van der Waals surface area contributed by atoms with E-state index in [2.05, 4.69) is 4.90 Å². The minimum Gasteiger partial charge on any atom is -0.338 e. The topological polar surface area (TPSA) is 20.3 Å². The molecule has 1 heterocycles. The number of amides is 1. The lowest BCUT2D eigenvalue weighted by Crippen LogP contribution is -2.40. The minimum absolute atomic E-state index is 0.180. The number of hydrogen-bond donors (Lipinski definition) is 0. The standard InChI is InChI=1S/C11H17NO/c1-10(2,3)9(13)12-6-7-4-11(7)5-8(11)12/h7-8H,4-6H2,1-3H3. The number of piperidine rings is 2. The average Bonchev–Trinajstić information content (AvgIpc) is 2.86. The summed E-state index contributed by atoms with van der Waals surface area (Å²) in [5.41, 5.74) is 0.474. The van der Waals surface area contributed by atoms with Gasteiger partial charge in [0.2, 0.25) is 5.91 Å². The molecular weight excluding hydrogens is 162 g/mol. The first-order valence-corrected chi connectivity index (χ1v) is 5.26. The molecule has 72 valence electrons. The lowest BCUT2D eigenvalue weighted by molar-refractivity contribution is -0.139. The first-order chi connectivity index (χ1) is 5.95. The van der Waals surface area contributed by atoms with Gasteiger partial charge in [-0.05, 0) is 24.2 Å². The smallest absolute Gasteiger partial charge is 0.228 e. The van der Waals surface area contributed by atoms with Crippen molar-refractivity contribution in [2.24, 2.45) is 16.7 Å². The highest BCUT2D eigenvalue weighted by Crippen LogP contribution is 2.76. The van der Waals surface area contributed by atoms with Gasteiger partial charge in [-0.3, -0.25) is 4.79 Å². The van der Waals surface area contributed by atoms with Crippen LogP contribution in [0.4, 0.5) is 0 Å². The van der Waals surface area contributed by atoms with Crippen LogP contribution in [0.25, 0.3) is 0 Å². The highest BCUT2D eigenvalue weighted by molar-refractivity contribution is 5.83. The van der Waals surface area contributed by atoms with E-state index in [1.165, 1.54) is 12.8 Å². The van der Waals surface area contributed by atoms with Gasteiger partial charge in [0.05, 0.1) is 0 Å². The number of rotatable bonds is 0. The van der Waals surface area contributed by atoms with Gasteiger partial charge in [-0.25, -0.2) is 0 Å². The fraction of sp³-hybridized carbons (Fsp3) is 0.909. The Bertz CT molecular complexity index is 291. The first kappa shape index (κ1) is 7.84. The van der Waals surface area contributed by atoms with Crippen molar-refractivity contribution in [3.8, 4) is 0 Å². The van der Waals surface area contributed by atoms with Crippen molar-refractivity contribution in [3.63, 3.8) is 0 Å².